The van der Waals surface area contributed by atoms with Gasteiger partial charge in [-0.3, -0.25) is 0 Å². The zero-order valence-electron chi connectivity index (χ0n) is 10.4. The van der Waals surface area contributed by atoms with Gasteiger partial charge in [0.05, 0.1) is 10.6 Å². The molecular formula is C15H14BrFO2. The van der Waals surface area contributed by atoms with Crippen LogP contribution in [0, 0.1) is 5.82 Å². The normalized spacial score (nSPS) is 12.2. The van der Waals surface area contributed by atoms with E-state index in [1.807, 2.05) is 19.1 Å². The van der Waals surface area contributed by atoms with E-state index in [2.05, 4.69) is 15.9 Å². The van der Waals surface area contributed by atoms with Crippen molar-refractivity contribution in [1.29, 1.82) is 0 Å². The highest BCUT2D eigenvalue weighted by molar-refractivity contribution is 9.10. The molecule has 0 saturated carbocycles. The summed E-state index contributed by atoms with van der Waals surface area (Å²) in [4.78, 5) is 0. The second-order valence-corrected chi connectivity index (χ2v) is 5.02. The molecule has 1 atom stereocenters. The Balaban J connectivity index is 2.15. The Kier molecular flexibility index (Phi) is 4.56. The average molecular weight is 325 g/mol. The Labute approximate surface area is 120 Å². The van der Waals surface area contributed by atoms with Crippen molar-refractivity contribution < 1.29 is 14.2 Å². The van der Waals surface area contributed by atoms with Gasteiger partial charge in [-0.1, -0.05) is 19.1 Å². The van der Waals surface area contributed by atoms with Gasteiger partial charge in [0, 0.05) is 0 Å². The first-order chi connectivity index (χ1) is 9.10. The maximum atomic E-state index is 13.0. The van der Waals surface area contributed by atoms with E-state index in [1.54, 1.807) is 18.2 Å². The lowest BCUT2D eigenvalue weighted by Crippen LogP contribution is -1.94. The SMILES string of the molecule is CCC(O)c1ccc(Oc2ccc(F)cc2Br)cc1. The summed E-state index contributed by atoms with van der Waals surface area (Å²) in [5.41, 5.74) is 0.855. The molecule has 0 aliphatic carbocycles. The van der Waals surface area contributed by atoms with Crippen molar-refractivity contribution in [3.63, 3.8) is 0 Å². The summed E-state index contributed by atoms with van der Waals surface area (Å²) >= 11 is 3.25. The van der Waals surface area contributed by atoms with Crippen LogP contribution in [0.3, 0.4) is 0 Å². The minimum atomic E-state index is -0.452. The molecule has 2 aromatic rings. The van der Waals surface area contributed by atoms with Gasteiger partial charge in [0.2, 0.25) is 0 Å². The van der Waals surface area contributed by atoms with Crippen molar-refractivity contribution in [2.24, 2.45) is 0 Å². The molecule has 19 heavy (non-hydrogen) atoms. The summed E-state index contributed by atoms with van der Waals surface area (Å²) in [5.74, 6) is 0.866. The predicted octanol–water partition coefficient (Wildman–Crippen LogP) is 4.82. The molecule has 2 rings (SSSR count). The molecule has 0 saturated heterocycles. The van der Waals surface area contributed by atoms with E-state index < -0.39 is 6.10 Å². The minimum absolute atomic E-state index is 0.319. The van der Waals surface area contributed by atoms with Crippen molar-refractivity contribution in [2.45, 2.75) is 19.4 Å². The van der Waals surface area contributed by atoms with Crippen LogP contribution in [0.4, 0.5) is 4.39 Å². The number of aliphatic hydroxyl groups excluding tert-OH is 1. The van der Waals surface area contributed by atoms with Gasteiger partial charge >= 0.3 is 0 Å². The van der Waals surface area contributed by atoms with Gasteiger partial charge in [-0.25, -0.2) is 4.39 Å². The first-order valence-electron chi connectivity index (χ1n) is 6.01. The largest absolute Gasteiger partial charge is 0.456 e. The lowest BCUT2D eigenvalue weighted by Gasteiger charge is -2.10. The summed E-state index contributed by atoms with van der Waals surface area (Å²) in [5, 5.41) is 9.69. The molecule has 4 heteroatoms. The van der Waals surface area contributed by atoms with Crippen molar-refractivity contribution in [1.82, 2.24) is 0 Å². The zero-order valence-corrected chi connectivity index (χ0v) is 12.0. The van der Waals surface area contributed by atoms with Gasteiger partial charge in [-0.2, -0.15) is 0 Å². The highest BCUT2D eigenvalue weighted by Gasteiger charge is 2.07. The van der Waals surface area contributed by atoms with Crippen molar-refractivity contribution in [3.8, 4) is 11.5 Å². The average Bonchev–Trinajstić information content (AvgIpc) is 2.42. The van der Waals surface area contributed by atoms with Gasteiger partial charge < -0.3 is 9.84 Å². The molecule has 0 fully saturated rings. The van der Waals surface area contributed by atoms with Crippen molar-refractivity contribution >= 4 is 15.9 Å². The second kappa shape index (κ2) is 6.17. The van der Waals surface area contributed by atoms with E-state index >= 15 is 0 Å². The predicted molar refractivity (Wildman–Crippen MR) is 75.9 cm³/mol. The van der Waals surface area contributed by atoms with Gasteiger partial charge in [-0.05, 0) is 58.2 Å². The lowest BCUT2D eigenvalue weighted by molar-refractivity contribution is 0.173. The van der Waals surface area contributed by atoms with E-state index in [1.165, 1.54) is 12.1 Å². The van der Waals surface area contributed by atoms with Crippen LogP contribution in [0.25, 0.3) is 0 Å². The molecule has 0 heterocycles. The topological polar surface area (TPSA) is 29.5 Å². The second-order valence-electron chi connectivity index (χ2n) is 4.17. The minimum Gasteiger partial charge on any atom is -0.456 e. The fourth-order valence-corrected chi connectivity index (χ4v) is 2.11. The van der Waals surface area contributed by atoms with Crippen LogP contribution in [0.1, 0.15) is 25.0 Å². The lowest BCUT2D eigenvalue weighted by atomic mass is 10.1. The van der Waals surface area contributed by atoms with Crippen molar-refractivity contribution in [2.75, 3.05) is 0 Å². The van der Waals surface area contributed by atoms with Crippen LogP contribution >= 0.6 is 15.9 Å². The number of halogens is 2. The van der Waals surface area contributed by atoms with Crippen molar-refractivity contribution in [3.05, 3.63) is 58.3 Å². The number of ether oxygens (including phenoxy) is 1. The van der Waals surface area contributed by atoms with E-state index in [9.17, 15) is 9.50 Å². The third kappa shape index (κ3) is 3.55. The Bertz CT molecular complexity index is 555. The van der Waals surface area contributed by atoms with Crippen LogP contribution in [-0.2, 0) is 0 Å². The highest BCUT2D eigenvalue weighted by Crippen LogP contribution is 2.30. The Morgan fingerprint density at radius 1 is 1.21 bits per heavy atom. The molecule has 1 unspecified atom stereocenters. The van der Waals surface area contributed by atoms with Crippen LogP contribution in [0.2, 0.25) is 0 Å². The molecule has 2 nitrogen and oxygen atoms in total. The summed E-state index contributed by atoms with van der Waals surface area (Å²) in [6, 6.07) is 11.5. The maximum absolute atomic E-state index is 13.0. The molecule has 2 aromatic carbocycles. The summed E-state index contributed by atoms with van der Waals surface area (Å²) in [6.45, 7) is 1.92. The van der Waals surface area contributed by atoms with Crippen LogP contribution < -0.4 is 4.74 Å². The third-order valence-corrected chi connectivity index (χ3v) is 3.39. The standard InChI is InChI=1S/C15H14BrFO2/c1-2-14(18)10-3-6-12(7-4-10)19-15-8-5-11(17)9-13(15)16/h3-9,14,18H,2H2,1H3. The molecule has 0 aliphatic heterocycles. The van der Waals surface area contributed by atoms with Gasteiger partial charge in [0.1, 0.15) is 17.3 Å². The number of aliphatic hydroxyl groups is 1. The molecule has 0 spiro atoms. The quantitative estimate of drug-likeness (QED) is 0.873. The van der Waals surface area contributed by atoms with Crippen LogP contribution in [-0.4, -0.2) is 5.11 Å². The fraction of sp³-hybridized carbons (Fsp3) is 0.200. The number of hydrogen-bond acceptors (Lipinski definition) is 2. The monoisotopic (exact) mass is 324 g/mol. The molecule has 0 radical (unpaired) electrons. The first kappa shape index (κ1) is 14.0. The van der Waals surface area contributed by atoms with E-state index in [0.717, 1.165) is 5.56 Å². The Hall–Kier alpha value is -1.39. The fourth-order valence-electron chi connectivity index (χ4n) is 1.68. The molecule has 0 amide bonds. The Morgan fingerprint density at radius 2 is 1.89 bits per heavy atom. The smallest absolute Gasteiger partial charge is 0.141 e. The molecule has 0 aliphatic rings. The number of benzene rings is 2. The number of rotatable bonds is 4. The van der Waals surface area contributed by atoms with Gasteiger partial charge in [0.25, 0.3) is 0 Å². The zero-order chi connectivity index (χ0) is 13.8. The third-order valence-electron chi connectivity index (χ3n) is 2.77. The van der Waals surface area contributed by atoms with Crippen LogP contribution in [0.5, 0.6) is 11.5 Å². The van der Waals surface area contributed by atoms with E-state index in [0.29, 0.717) is 22.4 Å². The number of hydrogen-bond donors (Lipinski definition) is 1. The van der Waals surface area contributed by atoms with Gasteiger partial charge in [-0.15, -0.1) is 0 Å². The Morgan fingerprint density at radius 3 is 2.47 bits per heavy atom. The molecular weight excluding hydrogens is 311 g/mol. The summed E-state index contributed by atoms with van der Waals surface area (Å²) < 4.78 is 19.2. The summed E-state index contributed by atoms with van der Waals surface area (Å²) in [6.07, 6.45) is 0.218. The van der Waals surface area contributed by atoms with Crippen LogP contribution in [0.15, 0.2) is 46.9 Å². The van der Waals surface area contributed by atoms with E-state index in [4.69, 9.17) is 4.74 Å². The highest BCUT2D eigenvalue weighted by atomic mass is 79.9. The maximum Gasteiger partial charge on any atom is 0.141 e. The molecule has 0 bridgehead atoms. The first-order valence-corrected chi connectivity index (χ1v) is 6.80. The molecule has 100 valence electrons. The van der Waals surface area contributed by atoms with E-state index in [-0.39, 0.29) is 5.82 Å². The van der Waals surface area contributed by atoms with Gasteiger partial charge in [0.15, 0.2) is 0 Å². The molecule has 1 N–H and O–H groups in total. The summed E-state index contributed by atoms with van der Waals surface area (Å²) in [7, 11) is 0. The molecule has 0 aromatic heterocycles.